The van der Waals surface area contributed by atoms with Crippen molar-refractivity contribution in [1.82, 2.24) is 9.97 Å². The van der Waals surface area contributed by atoms with Crippen molar-refractivity contribution < 1.29 is 4.74 Å². The summed E-state index contributed by atoms with van der Waals surface area (Å²) in [6.07, 6.45) is 3.01. The molecule has 0 amide bonds. The molecule has 1 N–H and O–H groups in total. The van der Waals surface area contributed by atoms with E-state index in [2.05, 4.69) is 16.9 Å². The van der Waals surface area contributed by atoms with Gasteiger partial charge in [-0.05, 0) is 30.5 Å². The molecular weight excluding hydrogens is 284 g/mol. The van der Waals surface area contributed by atoms with Crippen molar-refractivity contribution in [2.75, 3.05) is 7.11 Å². The number of H-pyrrole nitrogens is 1. The SMILES string of the molecule is CCCCc1cc(=O)[nH]c(SCc2ccc(OC)cc2)n1. The molecule has 1 heterocycles. The van der Waals surface area contributed by atoms with Crippen LogP contribution in [-0.4, -0.2) is 17.1 Å². The van der Waals surface area contributed by atoms with E-state index in [0.717, 1.165) is 36.5 Å². The Balaban J connectivity index is 2.01. The first-order valence-corrected chi connectivity index (χ1v) is 8.06. The second-order valence-corrected chi connectivity index (χ2v) is 5.75. The van der Waals surface area contributed by atoms with Gasteiger partial charge in [-0.25, -0.2) is 4.98 Å². The second-order valence-electron chi connectivity index (χ2n) is 4.78. The number of unbranched alkanes of at least 4 members (excludes halogenated alkanes) is 1. The summed E-state index contributed by atoms with van der Waals surface area (Å²) in [5.74, 6) is 1.61. The maximum atomic E-state index is 11.6. The molecular formula is C16H20N2O2S. The van der Waals surface area contributed by atoms with E-state index in [1.54, 1.807) is 24.9 Å². The molecule has 1 aromatic heterocycles. The van der Waals surface area contributed by atoms with Crippen LogP contribution in [0, 0.1) is 0 Å². The molecule has 0 aliphatic carbocycles. The normalized spacial score (nSPS) is 10.6. The lowest BCUT2D eigenvalue weighted by Crippen LogP contribution is -2.10. The number of ether oxygens (including phenoxy) is 1. The van der Waals surface area contributed by atoms with Crippen molar-refractivity contribution in [3.05, 3.63) is 51.9 Å². The van der Waals surface area contributed by atoms with Gasteiger partial charge in [0, 0.05) is 17.5 Å². The number of aromatic nitrogens is 2. The summed E-state index contributed by atoms with van der Waals surface area (Å²) < 4.78 is 5.13. The molecule has 0 bridgehead atoms. The average Bonchev–Trinajstić information content (AvgIpc) is 2.51. The Kier molecular flexibility index (Phi) is 5.87. The van der Waals surface area contributed by atoms with Crippen molar-refractivity contribution in [3.63, 3.8) is 0 Å². The van der Waals surface area contributed by atoms with E-state index in [1.165, 1.54) is 5.56 Å². The lowest BCUT2D eigenvalue weighted by molar-refractivity contribution is 0.414. The Morgan fingerprint density at radius 3 is 2.71 bits per heavy atom. The van der Waals surface area contributed by atoms with Crippen molar-refractivity contribution in [1.29, 1.82) is 0 Å². The number of aryl methyl sites for hydroxylation is 1. The van der Waals surface area contributed by atoms with Crippen molar-refractivity contribution in [2.24, 2.45) is 0 Å². The van der Waals surface area contributed by atoms with Gasteiger partial charge in [-0.1, -0.05) is 37.2 Å². The molecule has 0 unspecified atom stereocenters. The molecule has 2 aromatic rings. The van der Waals surface area contributed by atoms with Crippen LogP contribution < -0.4 is 10.3 Å². The highest BCUT2D eigenvalue weighted by molar-refractivity contribution is 7.98. The molecule has 0 atom stereocenters. The molecule has 0 radical (unpaired) electrons. The number of methoxy groups -OCH3 is 1. The smallest absolute Gasteiger partial charge is 0.251 e. The molecule has 1 aromatic carbocycles. The highest BCUT2D eigenvalue weighted by Gasteiger charge is 2.03. The second kappa shape index (κ2) is 7.88. The number of benzene rings is 1. The minimum Gasteiger partial charge on any atom is -0.497 e. The zero-order chi connectivity index (χ0) is 15.1. The topological polar surface area (TPSA) is 55.0 Å². The Morgan fingerprint density at radius 1 is 1.29 bits per heavy atom. The molecule has 112 valence electrons. The fourth-order valence-corrected chi connectivity index (χ4v) is 2.76. The fraction of sp³-hybridized carbons (Fsp3) is 0.375. The first kappa shape index (κ1) is 15.6. The predicted molar refractivity (Wildman–Crippen MR) is 86.0 cm³/mol. The molecule has 0 fully saturated rings. The third kappa shape index (κ3) is 4.93. The van der Waals surface area contributed by atoms with Crippen LogP contribution in [0.15, 0.2) is 40.3 Å². The molecule has 21 heavy (non-hydrogen) atoms. The van der Waals surface area contributed by atoms with Crippen molar-refractivity contribution in [2.45, 2.75) is 37.1 Å². The molecule has 0 aliphatic heterocycles. The van der Waals surface area contributed by atoms with E-state index in [1.807, 2.05) is 24.3 Å². The van der Waals surface area contributed by atoms with Crippen molar-refractivity contribution >= 4 is 11.8 Å². The summed E-state index contributed by atoms with van der Waals surface area (Å²) in [4.78, 5) is 18.9. The minimum atomic E-state index is -0.0756. The number of aromatic amines is 1. The molecule has 0 saturated heterocycles. The summed E-state index contributed by atoms with van der Waals surface area (Å²) in [7, 11) is 1.65. The van der Waals surface area contributed by atoms with Gasteiger partial charge in [0.1, 0.15) is 5.75 Å². The van der Waals surface area contributed by atoms with Crippen LogP contribution in [-0.2, 0) is 12.2 Å². The van der Waals surface area contributed by atoms with Crippen molar-refractivity contribution in [3.8, 4) is 5.75 Å². The summed E-state index contributed by atoms with van der Waals surface area (Å²) in [6, 6.07) is 9.50. The predicted octanol–water partition coefficient (Wildman–Crippen LogP) is 3.41. The zero-order valence-corrected chi connectivity index (χ0v) is 13.2. The van der Waals surface area contributed by atoms with Gasteiger partial charge in [0.15, 0.2) is 5.16 Å². The third-order valence-corrected chi connectivity index (χ3v) is 4.04. The van der Waals surface area contributed by atoms with E-state index in [0.29, 0.717) is 5.16 Å². The number of nitrogens with one attached hydrogen (secondary N) is 1. The van der Waals surface area contributed by atoms with Crippen LogP contribution >= 0.6 is 11.8 Å². The van der Waals surface area contributed by atoms with Crippen LogP contribution in [0.1, 0.15) is 31.0 Å². The lowest BCUT2D eigenvalue weighted by atomic mass is 10.2. The largest absolute Gasteiger partial charge is 0.497 e. The number of hydrogen-bond donors (Lipinski definition) is 1. The van der Waals surface area contributed by atoms with Crippen LogP contribution in [0.4, 0.5) is 0 Å². The van der Waals surface area contributed by atoms with Gasteiger partial charge in [-0.15, -0.1) is 0 Å². The van der Waals surface area contributed by atoms with E-state index in [9.17, 15) is 4.79 Å². The van der Waals surface area contributed by atoms with Gasteiger partial charge in [0.05, 0.1) is 7.11 Å². The summed E-state index contributed by atoms with van der Waals surface area (Å²) in [5.41, 5.74) is 1.97. The monoisotopic (exact) mass is 304 g/mol. The quantitative estimate of drug-likeness (QED) is 0.629. The Bertz CT molecular complexity index is 623. The molecule has 4 nitrogen and oxygen atoms in total. The van der Waals surface area contributed by atoms with Crippen LogP contribution in [0.3, 0.4) is 0 Å². The van der Waals surface area contributed by atoms with Gasteiger partial charge >= 0.3 is 0 Å². The minimum absolute atomic E-state index is 0.0756. The maximum Gasteiger partial charge on any atom is 0.251 e. The van der Waals surface area contributed by atoms with Gasteiger partial charge in [0.2, 0.25) is 0 Å². The van der Waals surface area contributed by atoms with Gasteiger partial charge < -0.3 is 9.72 Å². The summed E-state index contributed by atoms with van der Waals surface area (Å²) >= 11 is 1.54. The van der Waals surface area contributed by atoms with E-state index >= 15 is 0 Å². The standard InChI is InChI=1S/C16H20N2O2S/c1-3-4-5-13-10-15(19)18-16(17-13)21-11-12-6-8-14(20-2)9-7-12/h6-10H,3-5,11H2,1-2H3,(H,17,18,19). The first-order chi connectivity index (χ1) is 10.2. The highest BCUT2D eigenvalue weighted by atomic mass is 32.2. The number of thioether (sulfide) groups is 1. The molecule has 0 spiro atoms. The van der Waals surface area contributed by atoms with E-state index in [-0.39, 0.29) is 5.56 Å². The molecule has 0 saturated carbocycles. The zero-order valence-electron chi connectivity index (χ0n) is 12.4. The van der Waals surface area contributed by atoms with Crippen LogP contribution in [0.5, 0.6) is 5.75 Å². The highest BCUT2D eigenvalue weighted by Crippen LogP contribution is 2.20. The van der Waals surface area contributed by atoms with E-state index in [4.69, 9.17) is 4.74 Å². The van der Waals surface area contributed by atoms with Gasteiger partial charge in [0.25, 0.3) is 5.56 Å². The molecule has 0 aliphatic rings. The summed E-state index contributed by atoms with van der Waals surface area (Å²) in [6.45, 7) is 2.13. The Hall–Kier alpha value is -1.75. The fourth-order valence-electron chi connectivity index (χ4n) is 1.91. The molecule has 5 heteroatoms. The van der Waals surface area contributed by atoms with Crippen LogP contribution in [0.25, 0.3) is 0 Å². The third-order valence-electron chi connectivity index (χ3n) is 3.09. The van der Waals surface area contributed by atoms with E-state index < -0.39 is 0 Å². The maximum absolute atomic E-state index is 11.6. The average molecular weight is 304 g/mol. The first-order valence-electron chi connectivity index (χ1n) is 7.07. The lowest BCUT2D eigenvalue weighted by Gasteiger charge is -2.05. The van der Waals surface area contributed by atoms with Gasteiger partial charge in [-0.2, -0.15) is 0 Å². The Labute approximate surface area is 129 Å². The van der Waals surface area contributed by atoms with Crippen LogP contribution in [0.2, 0.25) is 0 Å². The molecule has 2 rings (SSSR count). The number of hydrogen-bond acceptors (Lipinski definition) is 4. The Morgan fingerprint density at radius 2 is 2.05 bits per heavy atom. The number of nitrogens with zero attached hydrogens (tertiary/aromatic N) is 1. The summed E-state index contributed by atoms with van der Waals surface area (Å²) in [5, 5.41) is 0.685. The number of rotatable bonds is 7. The van der Waals surface area contributed by atoms with Gasteiger partial charge in [-0.3, -0.25) is 4.79 Å².